The SMILES string of the molecule is CC1(COc2cccc3cccnc23)CN(c2ccc(O)cc2)C(=O)CO1. The van der Waals surface area contributed by atoms with Gasteiger partial charge in [-0.2, -0.15) is 0 Å². The Morgan fingerprint density at radius 1 is 1.19 bits per heavy atom. The van der Waals surface area contributed by atoms with Crippen LogP contribution in [0.15, 0.2) is 60.8 Å². The molecule has 0 radical (unpaired) electrons. The summed E-state index contributed by atoms with van der Waals surface area (Å²) in [6.45, 7) is 2.54. The Morgan fingerprint density at radius 2 is 1.96 bits per heavy atom. The lowest BCUT2D eigenvalue weighted by atomic mass is 10.0. The summed E-state index contributed by atoms with van der Waals surface area (Å²) in [5.74, 6) is 0.727. The Bertz CT molecular complexity index is 968. The minimum absolute atomic E-state index is 0.0193. The second kappa shape index (κ2) is 6.89. The van der Waals surface area contributed by atoms with E-state index in [1.807, 2.05) is 37.3 Å². The summed E-state index contributed by atoms with van der Waals surface area (Å²) in [5.41, 5.74) is 0.855. The quantitative estimate of drug-likeness (QED) is 0.770. The molecule has 0 saturated carbocycles. The average molecular weight is 364 g/mol. The van der Waals surface area contributed by atoms with Crippen molar-refractivity contribution in [3.63, 3.8) is 0 Å². The van der Waals surface area contributed by atoms with E-state index in [9.17, 15) is 9.90 Å². The maximum Gasteiger partial charge on any atom is 0.253 e. The van der Waals surface area contributed by atoms with Gasteiger partial charge in [0.1, 0.15) is 35.8 Å². The predicted octanol–water partition coefficient (Wildman–Crippen LogP) is 3.14. The first-order chi connectivity index (χ1) is 13.0. The van der Waals surface area contributed by atoms with E-state index < -0.39 is 5.60 Å². The summed E-state index contributed by atoms with van der Waals surface area (Å²) in [6, 6.07) is 16.2. The molecule has 27 heavy (non-hydrogen) atoms. The van der Waals surface area contributed by atoms with Gasteiger partial charge in [-0.3, -0.25) is 9.78 Å². The molecule has 1 N–H and O–H groups in total. The van der Waals surface area contributed by atoms with Crippen LogP contribution < -0.4 is 9.64 Å². The number of hydrogen-bond donors (Lipinski definition) is 1. The number of anilines is 1. The number of nitrogens with zero attached hydrogens (tertiary/aromatic N) is 2. The fourth-order valence-corrected chi connectivity index (χ4v) is 3.16. The molecular formula is C21H20N2O4. The molecule has 0 spiro atoms. The zero-order valence-electron chi connectivity index (χ0n) is 15.0. The van der Waals surface area contributed by atoms with Crippen molar-refractivity contribution in [3.05, 3.63) is 60.8 Å². The van der Waals surface area contributed by atoms with Gasteiger partial charge in [-0.25, -0.2) is 0 Å². The fraction of sp³-hybridized carbons (Fsp3) is 0.238. The number of ether oxygens (including phenoxy) is 2. The molecule has 3 aromatic rings. The van der Waals surface area contributed by atoms with Crippen molar-refractivity contribution in [2.24, 2.45) is 0 Å². The van der Waals surface area contributed by atoms with Crippen LogP contribution in [0.1, 0.15) is 6.92 Å². The molecule has 1 fully saturated rings. The highest BCUT2D eigenvalue weighted by Gasteiger charge is 2.37. The Hall–Kier alpha value is -3.12. The van der Waals surface area contributed by atoms with Crippen LogP contribution in [0.4, 0.5) is 5.69 Å². The number of morpholine rings is 1. The molecule has 0 aliphatic carbocycles. The molecule has 1 unspecified atom stereocenters. The van der Waals surface area contributed by atoms with Crippen LogP contribution in [0.2, 0.25) is 0 Å². The number of amides is 1. The van der Waals surface area contributed by atoms with Crippen molar-refractivity contribution in [2.75, 3.05) is 24.7 Å². The van der Waals surface area contributed by atoms with E-state index in [-0.39, 0.29) is 24.9 Å². The molecule has 1 saturated heterocycles. The molecule has 2 heterocycles. The van der Waals surface area contributed by atoms with Crippen LogP contribution in [0.3, 0.4) is 0 Å². The van der Waals surface area contributed by atoms with Crippen LogP contribution >= 0.6 is 0 Å². The lowest BCUT2D eigenvalue weighted by Gasteiger charge is -2.39. The zero-order valence-corrected chi connectivity index (χ0v) is 15.0. The van der Waals surface area contributed by atoms with Crippen LogP contribution in [0, 0.1) is 0 Å². The summed E-state index contributed by atoms with van der Waals surface area (Å²) < 4.78 is 11.8. The van der Waals surface area contributed by atoms with E-state index in [4.69, 9.17) is 9.47 Å². The Balaban J connectivity index is 1.52. The lowest BCUT2D eigenvalue weighted by molar-refractivity contribution is -0.140. The molecule has 138 valence electrons. The fourth-order valence-electron chi connectivity index (χ4n) is 3.16. The van der Waals surface area contributed by atoms with E-state index in [1.165, 1.54) is 0 Å². The molecule has 2 aromatic carbocycles. The molecule has 1 amide bonds. The number of carbonyl (C=O) groups is 1. The minimum atomic E-state index is -0.664. The highest BCUT2D eigenvalue weighted by molar-refractivity contribution is 5.95. The number of rotatable bonds is 4. The van der Waals surface area contributed by atoms with E-state index in [2.05, 4.69) is 4.98 Å². The first-order valence-corrected chi connectivity index (χ1v) is 8.74. The number of fused-ring (bicyclic) bond motifs is 1. The summed E-state index contributed by atoms with van der Waals surface area (Å²) in [4.78, 5) is 18.4. The number of hydrogen-bond acceptors (Lipinski definition) is 5. The standard InChI is InChI=1S/C21H20N2O4/c1-21(14-26-18-6-2-4-15-5-3-11-22-20(15)18)13-23(19(25)12-27-21)16-7-9-17(24)10-8-16/h2-11,24H,12-14H2,1H3. The largest absolute Gasteiger partial charge is 0.508 e. The van der Waals surface area contributed by atoms with Crippen molar-refractivity contribution >= 4 is 22.5 Å². The van der Waals surface area contributed by atoms with Crippen LogP contribution in [-0.2, 0) is 9.53 Å². The number of aromatic nitrogens is 1. The topological polar surface area (TPSA) is 71.9 Å². The van der Waals surface area contributed by atoms with Gasteiger partial charge in [-0.15, -0.1) is 0 Å². The molecule has 1 aliphatic heterocycles. The van der Waals surface area contributed by atoms with E-state index >= 15 is 0 Å². The van der Waals surface area contributed by atoms with Gasteiger partial charge in [0.05, 0.1) is 6.54 Å². The molecule has 0 bridgehead atoms. The third-order valence-corrected chi connectivity index (χ3v) is 4.63. The van der Waals surface area contributed by atoms with Gasteiger partial charge in [-0.05, 0) is 43.3 Å². The molecular weight excluding hydrogens is 344 g/mol. The lowest BCUT2D eigenvalue weighted by Crippen LogP contribution is -2.56. The summed E-state index contributed by atoms with van der Waals surface area (Å²) in [7, 11) is 0. The molecule has 6 heteroatoms. The summed E-state index contributed by atoms with van der Waals surface area (Å²) in [6.07, 6.45) is 1.74. The Morgan fingerprint density at radius 3 is 2.78 bits per heavy atom. The van der Waals surface area contributed by atoms with Crippen LogP contribution in [-0.4, -0.2) is 41.4 Å². The molecule has 1 aliphatic rings. The van der Waals surface area contributed by atoms with Crippen LogP contribution in [0.5, 0.6) is 11.5 Å². The minimum Gasteiger partial charge on any atom is -0.508 e. The molecule has 1 atom stereocenters. The zero-order chi connectivity index (χ0) is 18.9. The van der Waals surface area contributed by atoms with Crippen molar-refractivity contribution in [1.29, 1.82) is 0 Å². The van der Waals surface area contributed by atoms with E-state index in [1.54, 1.807) is 35.4 Å². The predicted molar refractivity (Wildman–Crippen MR) is 102 cm³/mol. The second-order valence-corrected chi connectivity index (χ2v) is 6.85. The van der Waals surface area contributed by atoms with Gasteiger partial charge in [0, 0.05) is 17.3 Å². The average Bonchev–Trinajstić information content (AvgIpc) is 2.69. The Kier molecular flexibility index (Phi) is 4.41. The first-order valence-electron chi connectivity index (χ1n) is 8.74. The number of phenolic OH excluding ortho intramolecular Hbond substituents is 1. The Labute approximate surface area is 157 Å². The maximum atomic E-state index is 12.3. The number of carbonyl (C=O) groups excluding carboxylic acids is 1. The van der Waals surface area contributed by atoms with Crippen molar-refractivity contribution in [1.82, 2.24) is 4.98 Å². The number of pyridine rings is 1. The van der Waals surface area contributed by atoms with Crippen molar-refractivity contribution < 1.29 is 19.4 Å². The molecule has 4 rings (SSSR count). The summed E-state index contributed by atoms with van der Waals surface area (Å²) in [5, 5.41) is 10.5. The third kappa shape index (κ3) is 3.57. The number of aromatic hydroxyl groups is 1. The van der Waals surface area contributed by atoms with Gasteiger partial charge < -0.3 is 19.5 Å². The highest BCUT2D eigenvalue weighted by Crippen LogP contribution is 2.28. The monoisotopic (exact) mass is 364 g/mol. The summed E-state index contributed by atoms with van der Waals surface area (Å²) >= 11 is 0. The first kappa shape index (κ1) is 17.3. The molecule has 6 nitrogen and oxygen atoms in total. The van der Waals surface area contributed by atoms with Crippen molar-refractivity contribution in [3.8, 4) is 11.5 Å². The van der Waals surface area contributed by atoms with Crippen LogP contribution in [0.25, 0.3) is 10.9 Å². The second-order valence-electron chi connectivity index (χ2n) is 6.85. The van der Waals surface area contributed by atoms with E-state index in [0.717, 1.165) is 16.6 Å². The van der Waals surface area contributed by atoms with Gasteiger partial charge >= 0.3 is 0 Å². The van der Waals surface area contributed by atoms with Crippen molar-refractivity contribution in [2.45, 2.75) is 12.5 Å². The van der Waals surface area contributed by atoms with Gasteiger partial charge in [0.2, 0.25) is 0 Å². The highest BCUT2D eigenvalue weighted by atomic mass is 16.5. The van der Waals surface area contributed by atoms with E-state index in [0.29, 0.717) is 12.3 Å². The number of phenols is 1. The van der Waals surface area contributed by atoms with Gasteiger partial charge in [0.15, 0.2) is 0 Å². The molecule has 1 aromatic heterocycles. The normalized spacial score (nSPS) is 20.0. The smallest absolute Gasteiger partial charge is 0.253 e. The number of para-hydroxylation sites is 1. The van der Waals surface area contributed by atoms with Gasteiger partial charge in [0.25, 0.3) is 5.91 Å². The maximum absolute atomic E-state index is 12.3. The third-order valence-electron chi connectivity index (χ3n) is 4.63. The van der Waals surface area contributed by atoms with Gasteiger partial charge in [-0.1, -0.05) is 18.2 Å². The number of benzene rings is 2.